The van der Waals surface area contributed by atoms with Crippen LogP contribution in [0.15, 0.2) is 0 Å². The quantitative estimate of drug-likeness (QED) is 0.817. The molecule has 0 spiro atoms. The van der Waals surface area contributed by atoms with Gasteiger partial charge in [-0.2, -0.15) is 5.26 Å². The monoisotopic (exact) mass is 265 g/mol. The molecule has 0 amide bonds. The maximum Gasteiger partial charge on any atom is 0.0950 e. The van der Waals surface area contributed by atoms with Crippen molar-refractivity contribution in [1.82, 2.24) is 9.80 Å². The first-order valence-electron chi connectivity index (χ1n) is 7.73. The summed E-state index contributed by atoms with van der Waals surface area (Å²) >= 11 is 0. The first-order chi connectivity index (χ1) is 9.19. The van der Waals surface area contributed by atoms with Crippen molar-refractivity contribution in [3.05, 3.63) is 0 Å². The van der Waals surface area contributed by atoms with E-state index in [0.29, 0.717) is 0 Å². The Kier molecular flexibility index (Phi) is 5.62. The van der Waals surface area contributed by atoms with Crippen molar-refractivity contribution >= 4 is 0 Å². The molecule has 19 heavy (non-hydrogen) atoms. The number of β-amino-alcohol motifs (C(OH)–C–C–N with tert-alkyl or cyclic N) is 1. The van der Waals surface area contributed by atoms with E-state index in [2.05, 4.69) is 15.9 Å². The molecular weight excluding hydrogens is 238 g/mol. The van der Waals surface area contributed by atoms with Gasteiger partial charge in [0, 0.05) is 32.7 Å². The summed E-state index contributed by atoms with van der Waals surface area (Å²) in [4.78, 5) is 4.57. The highest BCUT2D eigenvalue weighted by Gasteiger charge is 2.24. The summed E-state index contributed by atoms with van der Waals surface area (Å²) in [5.41, 5.74) is 0. The van der Waals surface area contributed by atoms with Gasteiger partial charge in [0.1, 0.15) is 0 Å². The number of hydrogen-bond donors (Lipinski definition) is 1. The van der Waals surface area contributed by atoms with Crippen LogP contribution in [-0.4, -0.2) is 59.8 Å². The molecule has 1 aliphatic heterocycles. The van der Waals surface area contributed by atoms with E-state index in [-0.39, 0.29) is 12.1 Å². The lowest BCUT2D eigenvalue weighted by Crippen LogP contribution is -2.50. The van der Waals surface area contributed by atoms with Crippen LogP contribution in [0.3, 0.4) is 0 Å². The molecule has 0 bridgehead atoms. The fourth-order valence-corrected chi connectivity index (χ4v) is 3.42. The van der Waals surface area contributed by atoms with Gasteiger partial charge in [-0.1, -0.05) is 25.7 Å². The van der Waals surface area contributed by atoms with Gasteiger partial charge in [0.2, 0.25) is 0 Å². The zero-order valence-electron chi connectivity index (χ0n) is 12.1. The topological polar surface area (TPSA) is 50.5 Å². The lowest BCUT2D eigenvalue weighted by atomic mass is 9.99. The van der Waals surface area contributed by atoms with Crippen LogP contribution in [0.2, 0.25) is 0 Å². The van der Waals surface area contributed by atoms with Crippen LogP contribution in [0.25, 0.3) is 0 Å². The summed E-state index contributed by atoms with van der Waals surface area (Å²) in [5.74, 6) is 0.759. The third kappa shape index (κ3) is 4.45. The second-order valence-corrected chi connectivity index (χ2v) is 6.18. The fourth-order valence-electron chi connectivity index (χ4n) is 3.42. The molecule has 1 N–H and O–H groups in total. The maximum absolute atomic E-state index is 10.2. The Morgan fingerprint density at radius 2 is 1.84 bits per heavy atom. The number of rotatable bonds is 5. The molecule has 0 aromatic heterocycles. The van der Waals surface area contributed by atoms with Crippen LogP contribution in [0.1, 0.15) is 39.0 Å². The highest BCUT2D eigenvalue weighted by Crippen LogP contribution is 2.28. The minimum atomic E-state index is -0.164. The molecular formula is C15H27N3O. The Balaban J connectivity index is 1.66. The number of nitrogens with zero attached hydrogens (tertiary/aromatic N) is 3. The van der Waals surface area contributed by atoms with E-state index >= 15 is 0 Å². The van der Waals surface area contributed by atoms with E-state index < -0.39 is 0 Å². The van der Waals surface area contributed by atoms with E-state index in [4.69, 9.17) is 5.26 Å². The molecule has 0 radical (unpaired) electrons. The third-order valence-corrected chi connectivity index (χ3v) is 4.69. The van der Waals surface area contributed by atoms with Crippen LogP contribution < -0.4 is 0 Å². The number of piperazine rings is 1. The molecule has 1 saturated heterocycles. The van der Waals surface area contributed by atoms with E-state index in [9.17, 15) is 5.11 Å². The van der Waals surface area contributed by atoms with Gasteiger partial charge in [-0.3, -0.25) is 9.80 Å². The number of hydrogen-bond acceptors (Lipinski definition) is 4. The van der Waals surface area contributed by atoms with Gasteiger partial charge in [0.25, 0.3) is 0 Å². The van der Waals surface area contributed by atoms with Crippen LogP contribution in [0, 0.1) is 17.2 Å². The molecule has 0 aromatic carbocycles. The Labute approximate surface area is 117 Å². The summed E-state index contributed by atoms with van der Waals surface area (Å²) in [6.45, 7) is 6.63. The average molecular weight is 265 g/mol. The molecule has 2 unspecified atom stereocenters. The molecule has 4 nitrogen and oxygen atoms in total. The Bertz CT molecular complexity index is 301. The lowest BCUT2D eigenvalue weighted by Gasteiger charge is -2.36. The molecule has 1 aliphatic carbocycles. The van der Waals surface area contributed by atoms with Crippen LogP contribution in [0.4, 0.5) is 0 Å². The predicted molar refractivity (Wildman–Crippen MR) is 75.7 cm³/mol. The Morgan fingerprint density at radius 1 is 1.21 bits per heavy atom. The second-order valence-electron chi connectivity index (χ2n) is 6.18. The Morgan fingerprint density at radius 3 is 2.42 bits per heavy atom. The zero-order chi connectivity index (χ0) is 13.7. The predicted octanol–water partition coefficient (Wildman–Crippen LogP) is 1.46. The maximum atomic E-state index is 10.2. The van der Waals surface area contributed by atoms with Gasteiger partial charge >= 0.3 is 0 Å². The van der Waals surface area contributed by atoms with E-state index in [1.807, 2.05) is 6.92 Å². The largest absolute Gasteiger partial charge is 0.392 e. The molecule has 1 heterocycles. The van der Waals surface area contributed by atoms with Gasteiger partial charge in [0.05, 0.1) is 18.2 Å². The van der Waals surface area contributed by atoms with Gasteiger partial charge in [-0.05, 0) is 19.3 Å². The average Bonchev–Trinajstić information content (AvgIpc) is 2.91. The van der Waals surface area contributed by atoms with Crippen molar-refractivity contribution in [2.24, 2.45) is 5.92 Å². The zero-order valence-corrected chi connectivity index (χ0v) is 12.1. The fraction of sp³-hybridized carbons (Fsp3) is 0.933. The van der Waals surface area contributed by atoms with Crippen LogP contribution in [0.5, 0.6) is 0 Å². The molecule has 4 heteroatoms. The first kappa shape index (κ1) is 14.8. The molecule has 2 fully saturated rings. The van der Waals surface area contributed by atoms with Crippen molar-refractivity contribution in [2.45, 2.75) is 51.2 Å². The minimum Gasteiger partial charge on any atom is -0.392 e. The van der Waals surface area contributed by atoms with Crippen molar-refractivity contribution in [3.63, 3.8) is 0 Å². The molecule has 2 atom stereocenters. The third-order valence-electron chi connectivity index (χ3n) is 4.69. The van der Waals surface area contributed by atoms with Gasteiger partial charge < -0.3 is 5.11 Å². The standard InChI is InChI=1S/C15H27N3O/c1-13(11-16)18-8-6-17(7-9-18)12-15(19)10-14-4-2-3-5-14/h13-15,19H,2-10,12H2,1H3. The SMILES string of the molecule is CC(C#N)N1CCN(CC(O)CC2CCCC2)CC1. The molecule has 0 aromatic rings. The lowest BCUT2D eigenvalue weighted by molar-refractivity contribution is 0.0560. The highest BCUT2D eigenvalue weighted by molar-refractivity contribution is 4.90. The summed E-state index contributed by atoms with van der Waals surface area (Å²) in [6, 6.07) is 2.32. The summed E-state index contributed by atoms with van der Waals surface area (Å²) in [7, 11) is 0. The van der Waals surface area contributed by atoms with Crippen molar-refractivity contribution in [3.8, 4) is 6.07 Å². The first-order valence-corrected chi connectivity index (χ1v) is 7.73. The molecule has 1 saturated carbocycles. The van der Waals surface area contributed by atoms with Crippen molar-refractivity contribution in [1.29, 1.82) is 5.26 Å². The molecule has 2 rings (SSSR count). The number of aliphatic hydroxyl groups excluding tert-OH is 1. The van der Waals surface area contributed by atoms with Crippen molar-refractivity contribution in [2.75, 3.05) is 32.7 Å². The normalized spacial score (nSPS) is 26.2. The molecule has 108 valence electrons. The number of aliphatic hydroxyl groups is 1. The van der Waals surface area contributed by atoms with Gasteiger partial charge in [0.15, 0.2) is 0 Å². The Hall–Kier alpha value is -0.630. The van der Waals surface area contributed by atoms with Crippen LogP contribution >= 0.6 is 0 Å². The van der Waals surface area contributed by atoms with E-state index in [1.165, 1.54) is 25.7 Å². The summed E-state index contributed by atoms with van der Waals surface area (Å²) < 4.78 is 0. The van der Waals surface area contributed by atoms with E-state index in [1.54, 1.807) is 0 Å². The summed E-state index contributed by atoms with van der Waals surface area (Å²) in [5, 5.41) is 19.1. The minimum absolute atomic E-state index is 0.0190. The number of nitriles is 1. The second kappa shape index (κ2) is 7.23. The van der Waals surface area contributed by atoms with Crippen molar-refractivity contribution < 1.29 is 5.11 Å². The van der Waals surface area contributed by atoms with Gasteiger partial charge in [-0.25, -0.2) is 0 Å². The summed E-state index contributed by atoms with van der Waals surface area (Å²) in [6.07, 6.45) is 6.14. The van der Waals surface area contributed by atoms with Crippen LogP contribution in [-0.2, 0) is 0 Å². The van der Waals surface area contributed by atoms with Gasteiger partial charge in [-0.15, -0.1) is 0 Å². The highest BCUT2D eigenvalue weighted by atomic mass is 16.3. The molecule has 2 aliphatic rings. The smallest absolute Gasteiger partial charge is 0.0950 e. The van der Waals surface area contributed by atoms with E-state index in [0.717, 1.165) is 45.1 Å².